The Kier molecular flexibility index (Phi) is 5.51. The average Bonchev–Trinajstić information content (AvgIpc) is 3.19. The van der Waals surface area contributed by atoms with E-state index in [9.17, 15) is 18.7 Å². The summed E-state index contributed by atoms with van der Waals surface area (Å²) in [6.45, 7) is 0.372. The van der Waals surface area contributed by atoms with Crippen LogP contribution in [0.3, 0.4) is 0 Å². The Hall–Kier alpha value is -2.50. The molecule has 1 aliphatic carbocycles. The standard InChI is InChI=1S/C19H27N5O5S/c20-16-15-13(23-30(27,28)24-16)7-3-8-14(15)29-11-19(9-4-10-21-17(19)25)18(26)22-12-5-1-2-6-12/h3,7-8,12,23,27-28H,1-2,4-6,9-11H2,(H2,20,24)(H,21,25)(H,22,26)/t19-/m0/s1. The lowest BCUT2D eigenvalue weighted by molar-refractivity contribution is -0.148. The highest BCUT2D eigenvalue weighted by Gasteiger charge is 2.49. The van der Waals surface area contributed by atoms with Crippen LogP contribution in [0.15, 0.2) is 22.6 Å². The molecule has 1 aromatic rings. The van der Waals surface area contributed by atoms with Gasteiger partial charge >= 0.3 is 0 Å². The molecule has 2 fully saturated rings. The van der Waals surface area contributed by atoms with Crippen LogP contribution in [0.2, 0.25) is 0 Å². The molecule has 2 amide bonds. The summed E-state index contributed by atoms with van der Waals surface area (Å²) >= 11 is 0. The fourth-order valence-electron chi connectivity index (χ4n) is 4.24. The van der Waals surface area contributed by atoms with E-state index < -0.39 is 16.4 Å². The fraction of sp³-hybridized carbons (Fsp3) is 0.526. The molecule has 10 nitrogen and oxygen atoms in total. The van der Waals surface area contributed by atoms with Gasteiger partial charge in [-0.25, -0.2) is 0 Å². The van der Waals surface area contributed by atoms with Crippen molar-refractivity contribution in [3.8, 4) is 5.75 Å². The number of anilines is 1. The van der Waals surface area contributed by atoms with Gasteiger partial charge in [0, 0.05) is 12.6 Å². The Morgan fingerprint density at radius 1 is 1.33 bits per heavy atom. The van der Waals surface area contributed by atoms with E-state index >= 15 is 0 Å². The summed E-state index contributed by atoms with van der Waals surface area (Å²) in [6, 6.07) is 5.00. The van der Waals surface area contributed by atoms with Crippen LogP contribution in [-0.4, -0.2) is 45.9 Å². The monoisotopic (exact) mass is 437 g/mol. The molecule has 2 aliphatic heterocycles. The second-order valence-corrected chi connectivity index (χ2v) is 9.39. The second-order valence-electron chi connectivity index (χ2n) is 7.96. The van der Waals surface area contributed by atoms with Crippen molar-refractivity contribution in [1.29, 1.82) is 0 Å². The van der Waals surface area contributed by atoms with E-state index in [0.717, 1.165) is 25.7 Å². The maximum Gasteiger partial charge on any atom is 0.239 e. The number of carbonyl (C=O) groups is 2. The number of nitrogens with zero attached hydrogens (tertiary/aromatic N) is 1. The number of hydrogen-bond acceptors (Lipinski definition) is 8. The van der Waals surface area contributed by atoms with E-state index in [0.29, 0.717) is 36.4 Å². The Morgan fingerprint density at radius 3 is 2.83 bits per heavy atom. The minimum Gasteiger partial charge on any atom is -0.491 e. The summed E-state index contributed by atoms with van der Waals surface area (Å²) in [4.78, 5) is 26.0. The van der Waals surface area contributed by atoms with Gasteiger partial charge in [-0.3, -0.25) is 23.4 Å². The van der Waals surface area contributed by atoms with Crippen molar-refractivity contribution in [2.75, 3.05) is 17.9 Å². The van der Waals surface area contributed by atoms with E-state index in [1.54, 1.807) is 18.2 Å². The van der Waals surface area contributed by atoms with E-state index in [1.165, 1.54) is 0 Å². The Labute approximate surface area is 176 Å². The zero-order valence-corrected chi connectivity index (χ0v) is 17.3. The van der Waals surface area contributed by atoms with Gasteiger partial charge in [0.2, 0.25) is 11.8 Å². The van der Waals surface area contributed by atoms with Crippen LogP contribution in [0.4, 0.5) is 5.69 Å². The molecule has 1 atom stereocenters. The lowest BCUT2D eigenvalue weighted by Gasteiger charge is -2.36. The highest BCUT2D eigenvalue weighted by molar-refractivity contribution is 8.24. The Bertz CT molecular complexity index is 886. The number of nitrogens with one attached hydrogen (secondary N) is 3. The molecule has 0 radical (unpaired) electrons. The molecule has 0 unspecified atom stereocenters. The van der Waals surface area contributed by atoms with E-state index in [-0.39, 0.29) is 30.3 Å². The van der Waals surface area contributed by atoms with Crippen LogP contribution in [0.1, 0.15) is 44.1 Å². The topological polar surface area (TPSA) is 158 Å². The van der Waals surface area contributed by atoms with Gasteiger partial charge in [0.1, 0.15) is 12.4 Å². The van der Waals surface area contributed by atoms with Crippen molar-refractivity contribution >= 4 is 34.3 Å². The van der Waals surface area contributed by atoms with Gasteiger partial charge in [-0.15, -0.1) is 4.40 Å². The Balaban J connectivity index is 1.58. The van der Waals surface area contributed by atoms with Gasteiger partial charge in [0.25, 0.3) is 0 Å². The lowest BCUT2D eigenvalue weighted by atomic mass is 9.79. The highest BCUT2D eigenvalue weighted by atomic mass is 32.3. The maximum absolute atomic E-state index is 13.2. The lowest BCUT2D eigenvalue weighted by Crippen LogP contribution is -2.58. The number of amidine groups is 1. The first-order chi connectivity index (χ1) is 14.3. The quantitative estimate of drug-likeness (QED) is 0.383. The summed E-state index contributed by atoms with van der Waals surface area (Å²) in [7, 11) is -3.42. The molecule has 11 heteroatoms. The zero-order valence-electron chi connectivity index (χ0n) is 16.5. The number of carbonyl (C=O) groups excluding carboxylic acids is 2. The molecule has 2 heterocycles. The van der Waals surface area contributed by atoms with Crippen LogP contribution in [-0.2, 0) is 9.59 Å². The molecule has 1 aromatic carbocycles. The van der Waals surface area contributed by atoms with Crippen LogP contribution in [0, 0.1) is 5.41 Å². The van der Waals surface area contributed by atoms with Crippen LogP contribution in [0.5, 0.6) is 5.75 Å². The number of ether oxygens (including phenoxy) is 1. The average molecular weight is 438 g/mol. The highest BCUT2D eigenvalue weighted by Crippen LogP contribution is 2.47. The molecule has 3 aliphatic rings. The molecule has 1 saturated heterocycles. The predicted molar refractivity (Wildman–Crippen MR) is 114 cm³/mol. The van der Waals surface area contributed by atoms with Crippen LogP contribution >= 0.6 is 11.0 Å². The minimum absolute atomic E-state index is 0.0862. The summed E-state index contributed by atoms with van der Waals surface area (Å²) in [5, 5.41) is 5.83. The van der Waals surface area contributed by atoms with Crippen molar-refractivity contribution in [3.63, 3.8) is 0 Å². The summed E-state index contributed by atoms with van der Waals surface area (Å²) in [6.07, 6.45) is 5.03. The van der Waals surface area contributed by atoms with Gasteiger partial charge in [-0.2, -0.15) is 0 Å². The van der Waals surface area contributed by atoms with Gasteiger partial charge in [-0.1, -0.05) is 18.9 Å². The fourth-order valence-corrected chi connectivity index (χ4v) is 5.12. The Morgan fingerprint density at radius 2 is 2.10 bits per heavy atom. The van der Waals surface area contributed by atoms with Crippen molar-refractivity contribution in [2.24, 2.45) is 15.5 Å². The molecular formula is C19H27N5O5S. The number of benzene rings is 1. The number of rotatable bonds is 5. The third kappa shape index (κ3) is 3.92. The first kappa shape index (κ1) is 20.8. The number of piperidine rings is 1. The molecule has 7 N–H and O–H groups in total. The molecule has 164 valence electrons. The van der Waals surface area contributed by atoms with Crippen LogP contribution in [0.25, 0.3) is 0 Å². The molecule has 4 rings (SSSR count). The van der Waals surface area contributed by atoms with Gasteiger partial charge in [0.05, 0.1) is 11.3 Å². The number of hydrogen-bond donors (Lipinski definition) is 6. The minimum atomic E-state index is -3.42. The van der Waals surface area contributed by atoms with Gasteiger partial charge < -0.3 is 21.1 Å². The second kappa shape index (κ2) is 7.97. The number of fused-ring (bicyclic) bond motifs is 1. The smallest absolute Gasteiger partial charge is 0.239 e. The van der Waals surface area contributed by atoms with Crippen molar-refractivity contribution in [2.45, 2.75) is 44.6 Å². The summed E-state index contributed by atoms with van der Waals surface area (Å²) in [5.41, 5.74) is 5.33. The predicted octanol–water partition coefficient (Wildman–Crippen LogP) is 1.73. The molecule has 0 bridgehead atoms. The van der Waals surface area contributed by atoms with E-state index in [4.69, 9.17) is 10.5 Å². The third-order valence-electron chi connectivity index (χ3n) is 5.85. The van der Waals surface area contributed by atoms with E-state index in [1.807, 2.05) is 0 Å². The maximum atomic E-state index is 13.2. The SMILES string of the molecule is NC1=NS(O)(O)Nc2cccc(OC[C@@]3(C(=O)NC4CCCC4)CCCNC3=O)c21. The molecule has 0 spiro atoms. The van der Waals surface area contributed by atoms with E-state index in [2.05, 4.69) is 19.8 Å². The zero-order chi connectivity index (χ0) is 21.4. The first-order valence-corrected chi connectivity index (χ1v) is 11.6. The van der Waals surface area contributed by atoms with Crippen molar-refractivity contribution < 1.29 is 23.4 Å². The normalized spacial score (nSPS) is 26.6. The number of amides is 2. The largest absolute Gasteiger partial charge is 0.491 e. The molecule has 0 aromatic heterocycles. The first-order valence-electron chi connectivity index (χ1n) is 10.1. The van der Waals surface area contributed by atoms with Crippen molar-refractivity contribution in [3.05, 3.63) is 23.8 Å². The van der Waals surface area contributed by atoms with Gasteiger partial charge in [0.15, 0.2) is 11.3 Å². The van der Waals surface area contributed by atoms with Crippen LogP contribution < -0.4 is 25.8 Å². The van der Waals surface area contributed by atoms with Crippen molar-refractivity contribution in [1.82, 2.24) is 10.6 Å². The molecule has 30 heavy (non-hydrogen) atoms. The third-order valence-corrected chi connectivity index (χ3v) is 6.80. The molecular weight excluding hydrogens is 410 g/mol. The summed E-state index contributed by atoms with van der Waals surface area (Å²) < 4.78 is 31.8. The summed E-state index contributed by atoms with van der Waals surface area (Å²) in [5.74, 6) is -0.437. The number of nitrogens with two attached hydrogens (primary N) is 1. The van der Waals surface area contributed by atoms with Gasteiger partial charge in [-0.05, 0) is 48.8 Å². The molecule has 1 saturated carbocycles.